The Hall–Kier alpha value is -2.41. The van der Waals surface area contributed by atoms with E-state index in [0.717, 1.165) is 5.69 Å². The standard InChI is InChI=1S/C15H17N3O3S/c1-2-16-14(19)7-17-15(20)11-3-5-13(6-4-11)21-8-12-9-22-10-18-12/h3-6,9-10H,2,7-8H2,1H3,(H,16,19)(H,17,20). The molecular weight excluding hydrogens is 302 g/mol. The number of carbonyl (C=O) groups excluding carboxylic acids is 2. The molecule has 1 aromatic heterocycles. The van der Waals surface area contributed by atoms with E-state index < -0.39 is 0 Å². The van der Waals surface area contributed by atoms with E-state index in [4.69, 9.17) is 4.74 Å². The molecule has 0 radical (unpaired) electrons. The average Bonchev–Trinajstić information content (AvgIpc) is 3.05. The Morgan fingerprint density at radius 2 is 2.00 bits per heavy atom. The van der Waals surface area contributed by atoms with Gasteiger partial charge in [0.2, 0.25) is 5.91 Å². The summed E-state index contributed by atoms with van der Waals surface area (Å²) in [5.41, 5.74) is 3.10. The summed E-state index contributed by atoms with van der Waals surface area (Å²) < 4.78 is 5.56. The van der Waals surface area contributed by atoms with Crippen LogP contribution in [0.5, 0.6) is 5.75 Å². The lowest BCUT2D eigenvalue weighted by atomic mass is 10.2. The van der Waals surface area contributed by atoms with Crippen LogP contribution in [0.1, 0.15) is 23.0 Å². The van der Waals surface area contributed by atoms with Crippen molar-refractivity contribution in [2.24, 2.45) is 0 Å². The summed E-state index contributed by atoms with van der Waals surface area (Å²) in [5, 5.41) is 7.09. The topological polar surface area (TPSA) is 80.3 Å². The fourth-order valence-electron chi connectivity index (χ4n) is 1.69. The summed E-state index contributed by atoms with van der Waals surface area (Å²) in [4.78, 5) is 27.3. The van der Waals surface area contributed by atoms with Gasteiger partial charge in [-0.25, -0.2) is 4.98 Å². The maximum absolute atomic E-state index is 11.9. The maximum Gasteiger partial charge on any atom is 0.251 e. The van der Waals surface area contributed by atoms with Gasteiger partial charge in [0.05, 0.1) is 17.7 Å². The predicted octanol–water partition coefficient (Wildman–Crippen LogP) is 1.59. The van der Waals surface area contributed by atoms with Crippen LogP contribution >= 0.6 is 11.3 Å². The molecule has 116 valence electrons. The highest BCUT2D eigenvalue weighted by Gasteiger charge is 2.07. The van der Waals surface area contributed by atoms with Gasteiger partial charge in [-0.3, -0.25) is 9.59 Å². The van der Waals surface area contributed by atoms with Crippen LogP contribution in [0.2, 0.25) is 0 Å². The van der Waals surface area contributed by atoms with E-state index in [2.05, 4.69) is 15.6 Å². The van der Waals surface area contributed by atoms with Crippen molar-refractivity contribution < 1.29 is 14.3 Å². The Labute approximate surface area is 132 Å². The van der Waals surface area contributed by atoms with Crippen molar-refractivity contribution in [3.8, 4) is 5.75 Å². The molecule has 0 saturated carbocycles. The van der Waals surface area contributed by atoms with Crippen molar-refractivity contribution in [2.75, 3.05) is 13.1 Å². The van der Waals surface area contributed by atoms with Gasteiger partial charge in [-0.05, 0) is 31.2 Å². The lowest BCUT2D eigenvalue weighted by Gasteiger charge is -2.07. The fraction of sp³-hybridized carbons (Fsp3) is 0.267. The van der Waals surface area contributed by atoms with Crippen molar-refractivity contribution in [1.82, 2.24) is 15.6 Å². The molecule has 1 aromatic carbocycles. The summed E-state index contributed by atoms with van der Waals surface area (Å²) in [7, 11) is 0. The molecule has 1 heterocycles. The SMILES string of the molecule is CCNC(=O)CNC(=O)c1ccc(OCc2cscn2)cc1. The summed E-state index contributed by atoms with van der Waals surface area (Å²) >= 11 is 1.52. The number of nitrogens with one attached hydrogen (secondary N) is 2. The number of hydrogen-bond donors (Lipinski definition) is 2. The zero-order valence-corrected chi connectivity index (χ0v) is 13.0. The summed E-state index contributed by atoms with van der Waals surface area (Å²) in [6.07, 6.45) is 0. The number of aromatic nitrogens is 1. The van der Waals surface area contributed by atoms with Gasteiger partial charge in [0.15, 0.2) is 0 Å². The van der Waals surface area contributed by atoms with Crippen LogP contribution in [0, 0.1) is 0 Å². The average molecular weight is 319 g/mol. The number of amides is 2. The molecular formula is C15H17N3O3S. The molecule has 0 unspecified atom stereocenters. The number of hydrogen-bond acceptors (Lipinski definition) is 5. The number of rotatable bonds is 7. The van der Waals surface area contributed by atoms with E-state index in [1.165, 1.54) is 11.3 Å². The maximum atomic E-state index is 11.9. The van der Waals surface area contributed by atoms with Gasteiger partial charge in [0.1, 0.15) is 12.4 Å². The minimum Gasteiger partial charge on any atom is -0.487 e. The van der Waals surface area contributed by atoms with Crippen LogP contribution in [0.25, 0.3) is 0 Å². The third-order valence-corrected chi connectivity index (χ3v) is 3.41. The quantitative estimate of drug-likeness (QED) is 0.812. The van der Waals surface area contributed by atoms with Crippen molar-refractivity contribution in [3.05, 3.63) is 46.4 Å². The lowest BCUT2D eigenvalue weighted by Crippen LogP contribution is -2.36. The first-order valence-electron chi connectivity index (χ1n) is 6.84. The second-order valence-electron chi connectivity index (χ2n) is 4.43. The van der Waals surface area contributed by atoms with Crippen molar-refractivity contribution in [2.45, 2.75) is 13.5 Å². The summed E-state index contributed by atoms with van der Waals surface area (Å²) in [6.45, 7) is 2.73. The first-order valence-corrected chi connectivity index (χ1v) is 7.78. The van der Waals surface area contributed by atoms with Crippen molar-refractivity contribution >= 4 is 23.2 Å². The van der Waals surface area contributed by atoms with Gasteiger partial charge >= 0.3 is 0 Å². The van der Waals surface area contributed by atoms with Gasteiger partial charge in [-0.1, -0.05) is 0 Å². The highest BCUT2D eigenvalue weighted by molar-refractivity contribution is 7.07. The molecule has 0 aliphatic rings. The smallest absolute Gasteiger partial charge is 0.251 e. The van der Waals surface area contributed by atoms with E-state index in [1.54, 1.807) is 29.8 Å². The Bertz CT molecular complexity index is 611. The first-order chi connectivity index (χ1) is 10.7. The molecule has 0 spiro atoms. The first kappa shape index (κ1) is 16.0. The number of ether oxygens (including phenoxy) is 1. The molecule has 0 aliphatic heterocycles. The molecule has 7 heteroatoms. The Kier molecular flexibility index (Phi) is 5.91. The van der Waals surface area contributed by atoms with Gasteiger partial charge in [0, 0.05) is 17.5 Å². The molecule has 6 nitrogen and oxygen atoms in total. The van der Waals surface area contributed by atoms with Gasteiger partial charge in [0.25, 0.3) is 5.91 Å². The van der Waals surface area contributed by atoms with Gasteiger partial charge < -0.3 is 15.4 Å². The number of carbonyl (C=O) groups is 2. The molecule has 2 aromatic rings. The molecule has 0 aliphatic carbocycles. The van der Waals surface area contributed by atoms with Crippen LogP contribution in [0.4, 0.5) is 0 Å². The van der Waals surface area contributed by atoms with E-state index in [9.17, 15) is 9.59 Å². The largest absolute Gasteiger partial charge is 0.487 e. The van der Waals surface area contributed by atoms with Gasteiger partial charge in [-0.2, -0.15) is 0 Å². The monoisotopic (exact) mass is 319 g/mol. The third-order valence-electron chi connectivity index (χ3n) is 2.77. The van der Waals surface area contributed by atoms with Gasteiger partial charge in [-0.15, -0.1) is 11.3 Å². The molecule has 0 bridgehead atoms. The fourth-order valence-corrected chi connectivity index (χ4v) is 2.23. The minimum atomic E-state index is -0.294. The number of thiazole rings is 1. The Balaban J connectivity index is 1.82. The summed E-state index contributed by atoms with van der Waals surface area (Å²) in [6, 6.07) is 6.74. The molecule has 22 heavy (non-hydrogen) atoms. The molecule has 0 saturated heterocycles. The second kappa shape index (κ2) is 8.14. The minimum absolute atomic E-state index is 0.0330. The zero-order chi connectivity index (χ0) is 15.8. The van der Waals surface area contributed by atoms with Crippen LogP contribution in [-0.4, -0.2) is 29.9 Å². The molecule has 2 rings (SSSR count). The predicted molar refractivity (Wildman–Crippen MR) is 83.9 cm³/mol. The normalized spacial score (nSPS) is 10.0. The van der Waals surface area contributed by atoms with Crippen LogP contribution < -0.4 is 15.4 Å². The van der Waals surface area contributed by atoms with Crippen molar-refractivity contribution in [1.29, 1.82) is 0 Å². The van der Waals surface area contributed by atoms with Crippen LogP contribution in [-0.2, 0) is 11.4 Å². The Morgan fingerprint density at radius 1 is 1.23 bits per heavy atom. The highest BCUT2D eigenvalue weighted by atomic mass is 32.1. The van der Waals surface area contributed by atoms with Crippen LogP contribution in [0.15, 0.2) is 35.2 Å². The Morgan fingerprint density at radius 3 is 2.64 bits per heavy atom. The van der Waals surface area contributed by atoms with E-state index >= 15 is 0 Å². The third kappa shape index (κ3) is 4.85. The molecule has 2 amide bonds. The van der Waals surface area contributed by atoms with E-state index in [1.807, 2.05) is 12.3 Å². The lowest BCUT2D eigenvalue weighted by molar-refractivity contribution is -0.120. The highest BCUT2D eigenvalue weighted by Crippen LogP contribution is 2.14. The van der Waals surface area contributed by atoms with E-state index in [0.29, 0.717) is 24.5 Å². The number of likely N-dealkylation sites (N-methyl/N-ethyl adjacent to an activating group) is 1. The number of benzene rings is 1. The molecule has 0 atom stereocenters. The van der Waals surface area contributed by atoms with Crippen molar-refractivity contribution in [3.63, 3.8) is 0 Å². The zero-order valence-electron chi connectivity index (χ0n) is 12.2. The summed E-state index contributed by atoms with van der Waals surface area (Å²) in [5.74, 6) is 0.157. The molecule has 0 fully saturated rings. The molecule has 2 N–H and O–H groups in total. The second-order valence-corrected chi connectivity index (χ2v) is 5.15. The number of nitrogens with zero attached hydrogens (tertiary/aromatic N) is 1. The van der Waals surface area contributed by atoms with Crippen LogP contribution in [0.3, 0.4) is 0 Å². The van der Waals surface area contributed by atoms with E-state index in [-0.39, 0.29) is 18.4 Å².